The number of methoxy groups -OCH3 is 1. The predicted molar refractivity (Wildman–Crippen MR) is 113 cm³/mol. The first kappa shape index (κ1) is 20.5. The average Bonchev–Trinajstić information content (AvgIpc) is 2.77. The lowest BCUT2D eigenvalue weighted by Gasteiger charge is -2.20. The van der Waals surface area contributed by atoms with Crippen molar-refractivity contribution < 1.29 is 27.5 Å². The van der Waals surface area contributed by atoms with Gasteiger partial charge in [0.2, 0.25) is 5.91 Å². The third-order valence-corrected chi connectivity index (χ3v) is 6.60. The van der Waals surface area contributed by atoms with Crippen LogP contribution in [0.15, 0.2) is 71.6 Å². The monoisotopic (exact) mass is 435 g/mol. The highest BCUT2D eigenvalue weighted by atomic mass is 32.2. The fourth-order valence-electron chi connectivity index (χ4n) is 3.47. The number of ether oxygens (including phenoxy) is 1. The normalized spacial score (nSPS) is 12.7. The number of amides is 1. The largest absolute Gasteiger partial charge is 0.497 e. The number of benzene rings is 3. The summed E-state index contributed by atoms with van der Waals surface area (Å²) < 4.78 is 30.2. The highest BCUT2D eigenvalue weighted by Gasteiger charge is 2.32. The quantitative estimate of drug-likeness (QED) is 0.517. The number of nitrogens with one attached hydrogen (secondary N) is 1. The molecule has 31 heavy (non-hydrogen) atoms. The number of hydrogen-bond donors (Lipinski definition) is 1. The van der Waals surface area contributed by atoms with E-state index in [9.17, 15) is 22.8 Å². The maximum Gasteiger partial charge on any atom is 0.239 e. The summed E-state index contributed by atoms with van der Waals surface area (Å²) in [6.07, 6.45) is 0. The standard InChI is InChI=1S/C23H17NO6S/c1-30-14-9-11-15(12-10-14)31(28,29)13-20(25)24-19-8-4-7-18-21(19)23(27)17-6-3-2-5-16(17)22(18)26/h2-12H,13H2,1H3,(H,24,25). The lowest BCUT2D eigenvalue weighted by Crippen LogP contribution is -2.27. The van der Waals surface area contributed by atoms with Crippen molar-refractivity contribution in [3.05, 3.63) is 89.0 Å². The number of carbonyl (C=O) groups is 3. The van der Waals surface area contributed by atoms with Gasteiger partial charge in [-0.05, 0) is 30.3 Å². The Bertz CT molecular complexity index is 1330. The second-order valence-electron chi connectivity index (χ2n) is 6.91. The fourth-order valence-corrected chi connectivity index (χ4v) is 4.61. The number of sulfone groups is 1. The van der Waals surface area contributed by atoms with Gasteiger partial charge in [0, 0.05) is 16.7 Å². The first-order chi connectivity index (χ1) is 14.8. The van der Waals surface area contributed by atoms with Gasteiger partial charge in [-0.2, -0.15) is 0 Å². The minimum absolute atomic E-state index is 0.0290. The van der Waals surface area contributed by atoms with Crippen molar-refractivity contribution in [2.75, 3.05) is 18.2 Å². The number of carbonyl (C=O) groups excluding carboxylic acids is 3. The Labute approximate surface area is 178 Å². The van der Waals surface area contributed by atoms with E-state index >= 15 is 0 Å². The van der Waals surface area contributed by atoms with Crippen LogP contribution >= 0.6 is 0 Å². The molecule has 0 atom stereocenters. The van der Waals surface area contributed by atoms with Crippen LogP contribution in [0.4, 0.5) is 5.69 Å². The number of fused-ring (bicyclic) bond motifs is 2. The second kappa shape index (κ2) is 7.81. The van der Waals surface area contributed by atoms with Gasteiger partial charge in [-0.15, -0.1) is 0 Å². The summed E-state index contributed by atoms with van der Waals surface area (Å²) in [4.78, 5) is 38.3. The highest BCUT2D eigenvalue weighted by Crippen LogP contribution is 2.32. The Morgan fingerprint density at radius 2 is 1.45 bits per heavy atom. The van der Waals surface area contributed by atoms with Crippen LogP contribution < -0.4 is 10.1 Å². The van der Waals surface area contributed by atoms with E-state index in [4.69, 9.17) is 4.74 Å². The Morgan fingerprint density at radius 3 is 2.10 bits per heavy atom. The molecule has 3 aromatic rings. The number of ketones is 2. The van der Waals surface area contributed by atoms with Gasteiger partial charge in [-0.1, -0.05) is 36.4 Å². The Kier molecular flexibility index (Phi) is 5.16. The molecule has 1 aliphatic carbocycles. The van der Waals surface area contributed by atoms with Gasteiger partial charge in [-0.3, -0.25) is 14.4 Å². The maximum atomic E-state index is 13.0. The number of rotatable bonds is 5. The number of hydrogen-bond acceptors (Lipinski definition) is 6. The van der Waals surface area contributed by atoms with Gasteiger partial charge in [0.1, 0.15) is 11.5 Å². The molecule has 7 nitrogen and oxygen atoms in total. The van der Waals surface area contributed by atoms with Crippen LogP contribution in [0.5, 0.6) is 5.75 Å². The molecule has 0 saturated heterocycles. The third kappa shape index (κ3) is 3.73. The molecule has 0 spiro atoms. The minimum Gasteiger partial charge on any atom is -0.497 e. The van der Waals surface area contributed by atoms with E-state index in [2.05, 4.69) is 5.32 Å². The first-order valence-electron chi connectivity index (χ1n) is 9.30. The summed E-state index contributed by atoms with van der Waals surface area (Å²) in [6.45, 7) is 0. The summed E-state index contributed by atoms with van der Waals surface area (Å²) in [5, 5.41) is 2.48. The van der Waals surface area contributed by atoms with Gasteiger partial charge < -0.3 is 10.1 Å². The van der Waals surface area contributed by atoms with Crippen LogP contribution in [0.1, 0.15) is 31.8 Å². The summed E-state index contributed by atoms with van der Waals surface area (Å²) in [7, 11) is -2.46. The number of anilines is 1. The lowest BCUT2D eigenvalue weighted by atomic mass is 9.83. The van der Waals surface area contributed by atoms with Crippen LogP contribution in [0.25, 0.3) is 0 Å². The molecule has 1 amide bonds. The van der Waals surface area contributed by atoms with E-state index in [1.807, 2.05) is 0 Å². The van der Waals surface area contributed by atoms with E-state index in [1.54, 1.807) is 24.3 Å². The summed E-state index contributed by atoms with van der Waals surface area (Å²) in [6, 6.07) is 16.6. The predicted octanol–water partition coefficient (Wildman–Crippen LogP) is 2.88. The van der Waals surface area contributed by atoms with Crippen LogP contribution in [-0.4, -0.2) is 38.8 Å². The summed E-state index contributed by atoms with van der Waals surface area (Å²) in [5.41, 5.74) is 0.860. The van der Waals surface area contributed by atoms with Crippen molar-refractivity contribution in [1.82, 2.24) is 0 Å². The molecule has 0 bridgehead atoms. The zero-order valence-electron chi connectivity index (χ0n) is 16.4. The van der Waals surface area contributed by atoms with E-state index < -0.39 is 27.3 Å². The Balaban J connectivity index is 1.61. The molecule has 0 fully saturated rings. The van der Waals surface area contributed by atoms with Gasteiger partial charge in [0.15, 0.2) is 21.4 Å². The SMILES string of the molecule is COc1ccc(S(=O)(=O)CC(=O)Nc2cccc3c2C(=O)c2ccccc2C3=O)cc1. The fraction of sp³-hybridized carbons (Fsp3) is 0.0870. The molecule has 1 aliphatic rings. The van der Waals surface area contributed by atoms with E-state index in [-0.39, 0.29) is 33.1 Å². The van der Waals surface area contributed by atoms with Crippen molar-refractivity contribution in [3.63, 3.8) is 0 Å². The highest BCUT2D eigenvalue weighted by molar-refractivity contribution is 7.92. The Hall–Kier alpha value is -3.78. The molecule has 0 saturated carbocycles. The van der Waals surface area contributed by atoms with E-state index in [0.717, 1.165) is 0 Å². The van der Waals surface area contributed by atoms with Gasteiger partial charge >= 0.3 is 0 Å². The van der Waals surface area contributed by atoms with E-state index in [0.29, 0.717) is 11.3 Å². The zero-order chi connectivity index (χ0) is 22.2. The Morgan fingerprint density at radius 1 is 0.839 bits per heavy atom. The van der Waals surface area contributed by atoms with E-state index in [1.165, 1.54) is 49.6 Å². The average molecular weight is 435 g/mol. The lowest BCUT2D eigenvalue weighted by molar-refractivity contribution is -0.113. The van der Waals surface area contributed by atoms with Crippen molar-refractivity contribution in [2.45, 2.75) is 4.90 Å². The molecule has 0 aliphatic heterocycles. The van der Waals surface area contributed by atoms with Crippen molar-refractivity contribution >= 4 is 33.0 Å². The molecule has 0 aromatic heterocycles. The molecular formula is C23H17NO6S. The maximum absolute atomic E-state index is 13.0. The molecule has 3 aromatic carbocycles. The van der Waals surface area contributed by atoms with Crippen molar-refractivity contribution in [2.24, 2.45) is 0 Å². The van der Waals surface area contributed by atoms with Crippen LogP contribution in [0.2, 0.25) is 0 Å². The van der Waals surface area contributed by atoms with Gasteiger partial charge in [-0.25, -0.2) is 8.42 Å². The molecule has 0 unspecified atom stereocenters. The van der Waals surface area contributed by atoms with Crippen LogP contribution in [0.3, 0.4) is 0 Å². The molecule has 8 heteroatoms. The molecule has 156 valence electrons. The first-order valence-corrected chi connectivity index (χ1v) is 10.9. The van der Waals surface area contributed by atoms with Crippen molar-refractivity contribution in [1.29, 1.82) is 0 Å². The third-order valence-electron chi connectivity index (χ3n) is 4.97. The zero-order valence-corrected chi connectivity index (χ0v) is 17.2. The van der Waals surface area contributed by atoms with Gasteiger partial charge in [0.05, 0.1) is 23.3 Å². The van der Waals surface area contributed by atoms with Crippen LogP contribution in [-0.2, 0) is 14.6 Å². The molecule has 0 heterocycles. The van der Waals surface area contributed by atoms with Gasteiger partial charge in [0.25, 0.3) is 0 Å². The van der Waals surface area contributed by atoms with Crippen LogP contribution in [0, 0.1) is 0 Å². The molecule has 1 N–H and O–H groups in total. The molecule has 0 radical (unpaired) electrons. The topological polar surface area (TPSA) is 107 Å². The van der Waals surface area contributed by atoms with Crippen molar-refractivity contribution in [3.8, 4) is 5.75 Å². The molecule has 4 rings (SSSR count). The summed E-state index contributed by atoms with van der Waals surface area (Å²) >= 11 is 0. The minimum atomic E-state index is -3.92. The smallest absolute Gasteiger partial charge is 0.239 e. The second-order valence-corrected chi connectivity index (χ2v) is 8.90. The molecular weight excluding hydrogens is 418 g/mol. The summed E-state index contributed by atoms with van der Waals surface area (Å²) in [5.74, 6) is -1.88.